The van der Waals surface area contributed by atoms with Crippen LogP contribution in [0.2, 0.25) is 0 Å². The molecule has 14 heavy (non-hydrogen) atoms. The SMILES string of the molecule is CCc1ccnc(S(C)(=O)=O)c1CC. The van der Waals surface area contributed by atoms with E-state index in [-0.39, 0.29) is 5.03 Å². The van der Waals surface area contributed by atoms with Gasteiger partial charge < -0.3 is 0 Å². The van der Waals surface area contributed by atoms with Crippen LogP contribution in [0.5, 0.6) is 0 Å². The van der Waals surface area contributed by atoms with Crippen LogP contribution < -0.4 is 0 Å². The van der Waals surface area contributed by atoms with Gasteiger partial charge in [-0.3, -0.25) is 0 Å². The molecule has 0 aliphatic rings. The van der Waals surface area contributed by atoms with Crippen molar-refractivity contribution in [3.63, 3.8) is 0 Å². The molecule has 1 aromatic rings. The van der Waals surface area contributed by atoms with Gasteiger partial charge in [-0.2, -0.15) is 0 Å². The van der Waals surface area contributed by atoms with Crippen molar-refractivity contribution in [2.24, 2.45) is 0 Å². The monoisotopic (exact) mass is 213 g/mol. The Hall–Kier alpha value is -0.900. The number of aryl methyl sites for hydroxylation is 1. The second-order valence-corrected chi connectivity index (χ2v) is 5.16. The van der Waals surface area contributed by atoms with Crippen LogP contribution in [0.4, 0.5) is 0 Å². The minimum absolute atomic E-state index is 0.236. The number of hydrogen-bond donors (Lipinski definition) is 0. The predicted molar refractivity (Wildman–Crippen MR) is 56.1 cm³/mol. The summed E-state index contributed by atoms with van der Waals surface area (Å²) in [6.45, 7) is 3.96. The lowest BCUT2D eigenvalue weighted by Crippen LogP contribution is -2.07. The maximum absolute atomic E-state index is 11.4. The first-order valence-electron chi connectivity index (χ1n) is 4.67. The fourth-order valence-electron chi connectivity index (χ4n) is 1.54. The van der Waals surface area contributed by atoms with E-state index in [9.17, 15) is 8.42 Å². The summed E-state index contributed by atoms with van der Waals surface area (Å²) in [5.41, 5.74) is 1.93. The molecule has 78 valence electrons. The molecule has 0 atom stereocenters. The highest BCUT2D eigenvalue weighted by atomic mass is 32.2. The van der Waals surface area contributed by atoms with E-state index in [2.05, 4.69) is 4.98 Å². The zero-order chi connectivity index (χ0) is 10.8. The minimum Gasteiger partial charge on any atom is -0.244 e. The molecule has 0 amide bonds. The predicted octanol–water partition coefficient (Wildman–Crippen LogP) is 1.61. The molecule has 0 aliphatic heterocycles. The average molecular weight is 213 g/mol. The number of rotatable bonds is 3. The van der Waals surface area contributed by atoms with E-state index in [4.69, 9.17) is 0 Å². The van der Waals surface area contributed by atoms with E-state index in [1.807, 2.05) is 19.9 Å². The quantitative estimate of drug-likeness (QED) is 0.766. The van der Waals surface area contributed by atoms with E-state index in [0.29, 0.717) is 6.42 Å². The zero-order valence-electron chi connectivity index (χ0n) is 8.74. The molecule has 3 nitrogen and oxygen atoms in total. The summed E-state index contributed by atoms with van der Waals surface area (Å²) in [6, 6.07) is 1.88. The van der Waals surface area contributed by atoms with Crippen molar-refractivity contribution in [2.75, 3.05) is 6.26 Å². The summed E-state index contributed by atoms with van der Waals surface area (Å²) in [5.74, 6) is 0. The number of hydrogen-bond acceptors (Lipinski definition) is 3. The van der Waals surface area contributed by atoms with Crippen LogP contribution in [0.3, 0.4) is 0 Å². The van der Waals surface area contributed by atoms with Gasteiger partial charge in [-0.1, -0.05) is 13.8 Å². The number of aromatic nitrogens is 1. The van der Waals surface area contributed by atoms with Crippen LogP contribution in [0.1, 0.15) is 25.0 Å². The van der Waals surface area contributed by atoms with Gasteiger partial charge in [0.1, 0.15) is 0 Å². The molecular formula is C10H15NO2S. The van der Waals surface area contributed by atoms with Crippen LogP contribution in [0.25, 0.3) is 0 Å². The second kappa shape index (κ2) is 4.09. The van der Waals surface area contributed by atoms with Crippen LogP contribution >= 0.6 is 0 Å². The van der Waals surface area contributed by atoms with Gasteiger partial charge in [0.2, 0.25) is 0 Å². The molecule has 0 radical (unpaired) electrons. The third-order valence-corrected chi connectivity index (χ3v) is 3.25. The summed E-state index contributed by atoms with van der Waals surface area (Å²) >= 11 is 0. The largest absolute Gasteiger partial charge is 0.244 e. The van der Waals surface area contributed by atoms with Crippen molar-refractivity contribution in [1.29, 1.82) is 0 Å². The lowest BCUT2D eigenvalue weighted by Gasteiger charge is -2.09. The van der Waals surface area contributed by atoms with Gasteiger partial charge in [-0.05, 0) is 30.0 Å². The summed E-state index contributed by atoms with van der Waals surface area (Å²) in [7, 11) is -3.19. The molecule has 4 heteroatoms. The normalized spacial score (nSPS) is 11.6. The van der Waals surface area contributed by atoms with Crippen molar-refractivity contribution in [2.45, 2.75) is 31.7 Å². The highest BCUT2D eigenvalue weighted by Crippen LogP contribution is 2.18. The molecule has 0 fully saturated rings. The second-order valence-electron chi connectivity index (χ2n) is 3.23. The van der Waals surface area contributed by atoms with Crippen molar-refractivity contribution >= 4 is 9.84 Å². The summed E-state index contributed by atoms with van der Waals surface area (Å²) in [4.78, 5) is 3.94. The third kappa shape index (κ3) is 2.12. The van der Waals surface area contributed by atoms with Gasteiger partial charge in [0.05, 0.1) is 0 Å². The van der Waals surface area contributed by atoms with Crippen molar-refractivity contribution in [3.05, 3.63) is 23.4 Å². The van der Waals surface area contributed by atoms with E-state index in [0.717, 1.165) is 17.5 Å². The highest BCUT2D eigenvalue weighted by Gasteiger charge is 2.15. The molecule has 0 aromatic carbocycles. The molecule has 0 spiro atoms. The maximum atomic E-state index is 11.4. The Labute approximate surface area is 85.1 Å². The van der Waals surface area contributed by atoms with Crippen LogP contribution in [0, 0.1) is 0 Å². The van der Waals surface area contributed by atoms with Crippen LogP contribution in [-0.2, 0) is 22.7 Å². The van der Waals surface area contributed by atoms with E-state index >= 15 is 0 Å². The molecule has 1 aromatic heterocycles. The molecule has 0 saturated carbocycles. The van der Waals surface area contributed by atoms with Gasteiger partial charge in [0.15, 0.2) is 14.9 Å². The Morgan fingerprint density at radius 3 is 2.36 bits per heavy atom. The Morgan fingerprint density at radius 1 is 1.29 bits per heavy atom. The number of sulfone groups is 1. The van der Waals surface area contributed by atoms with E-state index < -0.39 is 9.84 Å². The lowest BCUT2D eigenvalue weighted by atomic mass is 10.1. The molecule has 1 rings (SSSR count). The van der Waals surface area contributed by atoms with Gasteiger partial charge in [-0.25, -0.2) is 13.4 Å². The number of nitrogens with zero attached hydrogens (tertiary/aromatic N) is 1. The van der Waals surface area contributed by atoms with Gasteiger partial charge in [0, 0.05) is 12.5 Å². The minimum atomic E-state index is -3.19. The van der Waals surface area contributed by atoms with Gasteiger partial charge in [-0.15, -0.1) is 0 Å². The molecule has 1 heterocycles. The summed E-state index contributed by atoms with van der Waals surface area (Å²) in [6.07, 6.45) is 4.32. The van der Waals surface area contributed by atoms with Crippen molar-refractivity contribution < 1.29 is 8.42 Å². The van der Waals surface area contributed by atoms with Crippen LogP contribution in [0.15, 0.2) is 17.3 Å². The van der Waals surface area contributed by atoms with Crippen LogP contribution in [-0.4, -0.2) is 19.7 Å². The average Bonchev–Trinajstić information content (AvgIpc) is 2.15. The fraction of sp³-hybridized carbons (Fsp3) is 0.500. The third-order valence-electron chi connectivity index (χ3n) is 2.20. The Balaban J connectivity index is 3.45. The standard InChI is InChI=1S/C10H15NO2S/c1-4-8-6-7-11-10(9(8)5-2)14(3,12)13/h6-7H,4-5H2,1-3H3. The van der Waals surface area contributed by atoms with Crippen molar-refractivity contribution in [1.82, 2.24) is 4.98 Å². The molecule has 0 unspecified atom stereocenters. The first kappa shape index (κ1) is 11.2. The Kier molecular flexibility index (Phi) is 3.26. The molecule has 0 aliphatic carbocycles. The zero-order valence-corrected chi connectivity index (χ0v) is 9.56. The smallest absolute Gasteiger partial charge is 0.193 e. The highest BCUT2D eigenvalue weighted by molar-refractivity contribution is 7.90. The summed E-state index contributed by atoms with van der Waals surface area (Å²) in [5, 5.41) is 0.236. The lowest BCUT2D eigenvalue weighted by molar-refractivity contribution is 0.596. The Morgan fingerprint density at radius 2 is 1.93 bits per heavy atom. The van der Waals surface area contributed by atoms with E-state index in [1.54, 1.807) is 6.20 Å². The molecule has 0 bridgehead atoms. The van der Waals surface area contributed by atoms with E-state index in [1.165, 1.54) is 6.26 Å². The fourth-order valence-corrected chi connectivity index (χ4v) is 2.52. The molecule has 0 saturated heterocycles. The Bertz CT molecular complexity index is 424. The summed E-state index contributed by atoms with van der Waals surface area (Å²) < 4.78 is 22.8. The van der Waals surface area contributed by atoms with Gasteiger partial charge in [0.25, 0.3) is 0 Å². The topological polar surface area (TPSA) is 47.0 Å². The van der Waals surface area contributed by atoms with Gasteiger partial charge >= 0.3 is 0 Å². The first-order chi connectivity index (χ1) is 6.50. The maximum Gasteiger partial charge on any atom is 0.193 e. The molecular weight excluding hydrogens is 198 g/mol. The first-order valence-corrected chi connectivity index (χ1v) is 6.56. The number of pyridine rings is 1. The van der Waals surface area contributed by atoms with Crippen molar-refractivity contribution in [3.8, 4) is 0 Å². The molecule has 0 N–H and O–H groups in total.